The van der Waals surface area contributed by atoms with E-state index >= 15 is 0 Å². The molecule has 0 fully saturated rings. The Labute approximate surface area is 91.0 Å². The lowest BCUT2D eigenvalue weighted by molar-refractivity contribution is 0.474. The Morgan fingerprint density at radius 3 is 2.93 bits per heavy atom. The summed E-state index contributed by atoms with van der Waals surface area (Å²) in [5, 5.41) is 9.56. The van der Waals surface area contributed by atoms with E-state index in [2.05, 4.69) is 18.5 Å². The number of benzene rings is 1. The highest BCUT2D eigenvalue weighted by atomic mass is 16.3. The maximum atomic E-state index is 9.56. The Kier molecular flexibility index (Phi) is 4.61. The average molecular weight is 203 g/mol. The first-order valence-corrected chi connectivity index (χ1v) is 5.23. The van der Waals surface area contributed by atoms with Gasteiger partial charge < -0.3 is 5.11 Å². The van der Waals surface area contributed by atoms with E-state index in [4.69, 9.17) is 0 Å². The number of phenolic OH excluding ortho intramolecular Hbond substituents is 1. The molecule has 0 aromatic heterocycles. The van der Waals surface area contributed by atoms with Gasteiger partial charge in [-0.2, -0.15) is 0 Å². The van der Waals surface area contributed by atoms with E-state index in [9.17, 15) is 5.11 Å². The minimum atomic E-state index is 0.265. The van der Waals surface area contributed by atoms with E-state index < -0.39 is 0 Å². The van der Waals surface area contributed by atoms with Crippen LogP contribution < -0.4 is 0 Å². The molecule has 0 unspecified atom stereocenters. The largest absolute Gasteiger partial charge is 0.507 e. The molecule has 0 aliphatic rings. The van der Waals surface area contributed by atoms with Gasteiger partial charge in [0.15, 0.2) is 0 Å². The van der Waals surface area contributed by atoms with Crippen LogP contribution in [0.1, 0.15) is 30.9 Å². The summed E-state index contributed by atoms with van der Waals surface area (Å²) < 4.78 is 0. The monoisotopic (exact) mass is 203 g/mol. The van der Waals surface area contributed by atoms with Gasteiger partial charge in [-0.15, -0.1) is 0 Å². The van der Waals surface area contributed by atoms with Gasteiger partial charge in [-0.05, 0) is 24.1 Å². The molecule has 0 aliphatic heterocycles. The van der Waals surface area contributed by atoms with Gasteiger partial charge in [0.2, 0.25) is 0 Å². The number of phenols is 1. The molecule has 0 saturated carbocycles. The normalized spacial score (nSPS) is 10.7. The predicted molar refractivity (Wildman–Crippen MR) is 65.6 cm³/mol. The summed E-state index contributed by atoms with van der Waals surface area (Å²) in [6, 6.07) is 5.36. The number of aliphatic imine (C=N–C) groups is 1. The van der Waals surface area contributed by atoms with Crippen molar-refractivity contribution in [3.63, 3.8) is 0 Å². The van der Waals surface area contributed by atoms with Gasteiger partial charge in [0, 0.05) is 18.3 Å². The van der Waals surface area contributed by atoms with Gasteiger partial charge >= 0.3 is 0 Å². The van der Waals surface area contributed by atoms with E-state index in [-0.39, 0.29) is 5.75 Å². The number of aromatic hydroxyl groups is 1. The minimum Gasteiger partial charge on any atom is -0.507 e. The van der Waals surface area contributed by atoms with Crippen LogP contribution in [0.15, 0.2) is 29.8 Å². The van der Waals surface area contributed by atoms with Crippen molar-refractivity contribution in [1.29, 1.82) is 0 Å². The molecule has 0 radical (unpaired) electrons. The molecule has 0 atom stereocenters. The third-order valence-electron chi connectivity index (χ3n) is 2.16. The molecule has 15 heavy (non-hydrogen) atoms. The van der Waals surface area contributed by atoms with Crippen LogP contribution in [0.5, 0.6) is 5.75 Å². The highest BCUT2D eigenvalue weighted by molar-refractivity contribution is 5.84. The van der Waals surface area contributed by atoms with Gasteiger partial charge in [-0.1, -0.05) is 32.1 Å². The van der Waals surface area contributed by atoms with Crippen LogP contribution in [0.3, 0.4) is 0 Å². The molecule has 1 aromatic rings. The van der Waals surface area contributed by atoms with Crippen molar-refractivity contribution in [3.05, 3.63) is 35.9 Å². The highest BCUT2D eigenvalue weighted by Gasteiger charge is 1.97. The Balaban J connectivity index is 2.74. The maximum absolute atomic E-state index is 9.56. The summed E-state index contributed by atoms with van der Waals surface area (Å²) >= 11 is 0. The number of hydrogen-bond acceptors (Lipinski definition) is 2. The number of rotatable bonds is 5. The summed E-state index contributed by atoms with van der Waals surface area (Å²) in [5.41, 5.74) is 1.74. The summed E-state index contributed by atoms with van der Waals surface area (Å²) in [7, 11) is 0. The van der Waals surface area contributed by atoms with Crippen molar-refractivity contribution < 1.29 is 5.11 Å². The molecule has 0 spiro atoms. The molecule has 1 aromatic carbocycles. The van der Waals surface area contributed by atoms with Crippen LogP contribution in [0.4, 0.5) is 0 Å². The van der Waals surface area contributed by atoms with Crippen LogP contribution in [-0.4, -0.2) is 17.9 Å². The third-order valence-corrected chi connectivity index (χ3v) is 2.16. The molecule has 1 N–H and O–H groups in total. The second kappa shape index (κ2) is 6.02. The predicted octanol–water partition coefficient (Wildman–Crippen LogP) is 3.25. The van der Waals surface area contributed by atoms with Gasteiger partial charge in [0.05, 0.1) is 0 Å². The number of unbranched alkanes of at least 4 members (excludes halogenated alkanes) is 1. The summed E-state index contributed by atoms with van der Waals surface area (Å²) in [6.07, 6.45) is 5.69. The average Bonchev–Trinajstić information content (AvgIpc) is 2.26. The molecule has 0 aliphatic carbocycles. The molecule has 0 saturated heterocycles. The second-order valence-electron chi connectivity index (χ2n) is 3.41. The maximum Gasteiger partial charge on any atom is 0.124 e. The third kappa shape index (κ3) is 3.58. The lowest BCUT2D eigenvalue weighted by Gasteiger charge is -2.00. The van der Waals surface area contributed by atoms with Gasteiger partial charge in [-0.25, -0.2) is 0 Å². The summed E-state index contributed by atoms with van der Waals surface area (Å²) in [5.74, 6) is 0.265. The highest BCUT2D eigenvalue weighted by Crippen LogP contribution is 2.17. The molecule has 80 valence electrons. The van der Waals surface area contributed by atoms with E-state index in [1.807, 2.05) is 12.1 Å². The number of nitrogens with zero attached hydrogens (tertiary/aromatic N) is 1. The molecule has 2 heteroatoms. The second-order valence-corrected chi connectivity index (χ2v) is 3.41. The van der Waals surface area contributed by atoms with Crippen LogP contribution in [0.25, 0.3) is 6.08 Å². The fourth-order valence-corrected chi connectivity index (χ4v) is 1.22. The zero-order valence-electron chi connectivity index (χ0n) is 9.11. The number of hydrogen-bond donors (Lipinski definition) is 1. The Hall–Kier alpha value is -1.57. The standard InChI is InChI=1S/C13H17NO/c1-3-5-8-14-10-12-9-11(4-2)6-7-13(12)15/h4,6-7,9-10,15H,2-3,5,8H2,1H3. The van der Waals surface area contributed by atoms with Crippen LogP contribution in [-0.2, 0) is 0 Å². The zero-order valence-corrected chi connectivity index (χ0v) is 9.11. The molecule has 2 nitrogen and oxygen atoms in total. The minimum absolute atomic E-state index is 0.265. The van der Waals surface area contributed by atoms with Crippen LogP contribution in [0, 0.1) is 0 Å². The van der Waals surface area contributed by atoms with Crippen molar-refractivity contribution in [2.75, 3.05) is 6.54 Å². The lowest BCUT2D eigenvalue weighted by Crippen LogP contribution is -1.86. The van der Waals surface area contributed by atoms with Gasteiger partial charge in [0.1, 0.15) is 5.75 Å². The van der Waals surface area contributed by atoms with Crippen molar-refractivity contribution in [2.24, 2.45) is 4.99 Å². The first-order valence-electron chi connectivity index (χ1n) is 5.23. The summed E-state index contributed by atoms with van der Waals surface area (Å²) in [6.45, 7) is 6.63. The topological polar surface area (TPSA) is 32.6 Å². The molecule has 0 bridgehead atoms. The SMILES string of the molecule is C=Cc1ccc(O)c(C=NCCCC)c1. The fraction of sp³-hybridized carbons (Fsp3) is 0.308. The molecule has 1 rings (SSSR count). The smallest absolute Gasteiger partial charge is 0.124 e. The Bertz CT molecular complexity index is 356. The molecular weight excluding hydrogens is 186 g/mol. The quantitative estimate of drug-likeness (QED) is 0.578. The molecule has 0 heterocycles. The van der Waals surface area contributed by atoms with Crippen molar-refractivity contribution in [2.45, 2.75) is 19.8 Å². The van der Waals surface area contributed by atoms with Gasteiger partial charge in [-0.3, -0.25) is 4.99 Å². The van der Waals surface area contributed by atoms with Crippen LogP contribution >= 0.6 is 0 Å². The van der Waals surface area contributed by atoms with E-state index in [1.165, 1.54) is 0 Å². The van der Waals surface area contributed by atoms with E-state index in [0.717, 1.165) is 30.5 Å². The van der Waals surface area contributed by atoms with Crippen molar-refractivity contribution in [1.82, 2.24) is 0 Å². The van der Waals surface area contributed by atoms with Crippen molar-refractivity contribution >= 4 is 12.3 Å². The van der Waals surface area contributed by atoms with E-state index in [1.54, 1.807) is 18.4 Å². The fourth-order valence-electron chi connectivity index (χ4n) is 1.22. The van der Waals surface area contributed by atoms with Gasteiger partial charge in [0.25, 0.3) is 0 Å². The first kappa shape index (κ1) is 11.5. The molecule has 0 amide bonds. The first-order chi connectivity index (χ1) is 7.27. The Morgan fingerprint density at radius 1 is 1.47 bits per heavy atom. The lowest BCUT2D eigenvalue weighted by atomic mass is 10.1. The Morgan fingerprint density at radius 2 is 2.27 bits per heavy atom. The molecular formula is C13H17NO. The van der Waals surface area contributed by atoms with Crippen molar-refractivity contribution in [3.8, 4) is 5.75 Å². The zero-order chi connectivity index (χ0) is 11.1. The van der Waals surface area contributed by atoms with E-state index in [0.29, 0.717) is 0 Å². The van der Waals surface area contributed by atoms with Crippen LogP contribution in [0.2, 0.25) is 0 Å². The summed E-state index contributed by atoms with van der Waals surface area (Å²) in [4.78, 5) is 4.25.